The second kappa shape index (κ2) is 10.6. The molecule has 0 aliphatic carbocycles. The molecule has 0 saturated carbocycles. The van der Waals surface area contributed by atoms with Gasteiger partial charge in [-0.25, -0.2) is 4.79 Å². The Morgan fingerprint density at radius 2 is 1.86 bits per heavy atom. The number of benzene rings is 3. The van der Waals surface area contributed by atoms with Gasteiger partial charge in [0.05, 0.1) is 18.7 Å². The summed E-state index contributed by atoms with van der Waals surface area (Å²) in [7, 11) is 1.65. The predicted octanol–water partition coefficient (Wildman–Crippen LogP) is 5.33. The van der Waals surface area contributed by atoms with Crippen LogP contribution in [-0.2, 0) is 22.6 Å². The Balaban J connectivity index is 1.47. The fraction of sp³-hybridized carbons (Fsp3) is 0.241. The van der Waals surface area contributed by atoms with Crippen LogP contribution in [0.2, 0.25) is 5.02 Å². The standard InChI is InChI=1S/C29H27ClN2O5/c1-36-25-8-4-7-24-22(25)12-14-31(24)15-13-27(33)32-16-11-19-5-2-3-6-21(19)29(32)23-17-20(30)9-10-26(23)37-18-28(34)35/h2-10,12,14,17,29H,11,13,15-16,18H2,1H3,(H,34,35). The first-order valence-corrected chi connectivity index (χ1v) is 12.5. The molecule has 190 valence electrons. The number of nitrogens with zero attached hydrogens (tertiary/aromatic N) is 2. The first-order valence-electron chi connectivity index (χ1n) is 12.1. The molecule has 2 heterocycles. The van der Waals surface area contributed by atoms with Crippen LogP contribution in [0.4, 0.5) is 0 Å². The number of hydrogen-bond donors (Lipinski definition) is 1. The van der Waals surface area contributed by atoms with E-state index in [-0.39, 0.29) is 5.91 Å². The number of aromatic nitrogens is 1. The minimum atomic E-state index is -1.08. The third kappa shape index (κ3) is 5.00. The van der Waals surface area contributed by atoms with Crippen LogP contribution in [0, 0.1) is 0 Å². The number of aryl methyl sites for hydroxylation is 1. The predicted molar refractivity (Wildman–Crippen MR) is 141 cm³/mol. The highest BCUT2D eigenvalue weighted by atomic mass is 35.5. The number of carboxylic acids is 1. The molecule has 1 aromatic heterocycles. The number of amides is 1. The molecule has 4 aromatic rings. The second-order valence-corrected chi connectivity index (χ2v) is 9.39. The van der Waals surface area contributed by atoms with Crippen molar-refractivity contribution in [3.05, 3.63) is 94.6 Å². The number of fused-ring (bicyclic) bond motifs is 2. The van der Waals surface area contributed by atoms with Gasteiger partial charge in [-0.3, -0.25) is 4.79 Å². The third-order valence-corrected chi connectivity index (χ3v) is 7.02. The fourth-order valence-corrected chi connectivity index (χ4v) is 5.28. The molecule has 3 aromatic carbocycles. The van der Waals surface area contributed by atoms with Gasteiger partial charge in [0.25, 0.3) is 0 Å². The number of aliphatic carboxylic acids is 1. The number of ether oxygens (including phenoxy) is 2. The van der Waals surface area contributed by atoms with Crippen molar-refractivity contribution in [2.75, 3.05) is 20.3 Å². The number of rotatable bonds is 8. The molecule has 1 N–H and O–H groups in total. The Hall–Kier alpha value is -3.97. The molecule has 0 spiro atoms. The first-order chi connectivity index (χ1) is 18.0. The van der Waals surface area contributed by atoms with E-state index in [1.165, 1.54) is 0 Å². The molecule has 0 bridgehead atoms. The molecule has 7 nitrogen and oxygen atoms in total. The van der Waals surface area contributed by atoms with Gasteiger partial charge in [-0.2, -0.15) is 0 Å². The Morgan fingerprint density at radius 3 is 2.68 bits per heavy atom. The van der Waals surface area contributed by atoms with E-state index >= 15 is 0 Å². The summed E-state index contributed by atoms with van der Waals surface area (Å²) in [5.41, 5.74) is 3.81. The van der Waals surface area contributed by atoms with Gasteiger partial charge in [-0.15, -0.1) is 0 Å². The van der Waals surface area contributed by atoms with Gasteiger partial charge in [0.2, 0.25) is 5.91 Å². The van der Waals surface area contributed by atoms with Gasteiger partial charge in [0.15, 0.2) is 6.61 Å². The van der Waals surface area contributed by atoms with Crippen LogP contribution in [0.1, 0.15) is 29.2 Å². The van der Waals surface area contributed by atoms with Crippen LogP contribution in [0.3, 0.4) is 0 Å². The van der Waals surface area contributed by atoms with Crippen molar-refractivity contribution < 1.29 is 24.2 Å². The molecular weight excluding hydrogens is 492 g/mol. The zero-order valence-electron chi connectivity index (χ0n) is 20.4. The monoisotopic (exact) mass is 518 g/mol. The van der Waals surface area contributed by atoms with Crippen LogP contribution in [-0.4, -0.2) is 46.7 Å². The van der Waals surface area contributed by atoms with Gasteiger partial charge in [0, 0.05) is 41.7 Å². The minimum Gasteiger partial charge on any atom is -0.496 e. The Bertz CT molecular complexity index is 1460. The van der Waals surface area contributed by atoms with Crippen LogP contribution in [0.5, 0.6) is 11.5 Å². The largest absolute Gasteiger partial charge is 0.496 e. The van der Waals surface area contributed by atoms with Gasteiger partial charge < -0.3 is 24.0 Å². The first kappa shape index (κ1) is 24.7. The molecule has 0 saturated heterocycles. The van der Waals surface area contributed by atoms with Crippen LogP contribution >= 0.6 is 11.6 Å². The lowest BCUT2D eigenvalue weighted by Crippen LogP contribution is -2.41. The SMILES string of the molecule is COc1cccc2c1ccn2CCC(=O)N1CCc2ccccc2C1c1cc(Cl)ccc1OCC(=O)O. The molecule has 0 radical (unpaired) electrons. The highest BCUT2D eigenvalue weighted by Gasteiger charge is 2.34. The van der Waals surface area contributed by atoms with E-state index in [4.69, 9.17) is 21.1 Å². The lowest BCUT2D eigenvalue weighted by molar-refractivity contribution is -0.139. The van der Waals surface area contributed by atoms with E-state index in [9.17, 15) is 14.7 Å². The van der Waals surface area contributed by atoms with E-state index in [2.05, 4.69) is 10.6 Å². The molecule has 1 unspecified atom stereocenters. The summed E-state index contributed by atoms with van der Waals surface area (Å²) in [6, 6.07) is 20.5. The van der Waals surface area contributed by atoms with Crippen molar-refractivity contribution in [1.29, 1.82) is 0 Å². The maximum absolute atomic E-state index is 13.7. The van der Waals surface area contributed by atoms with E-state index < -0.39 is 18.6 Å². The summed E-state index contributed by atoms with van der Waals surface area (Å²) >= 11 is 6.37. The summed E-state index contributed by atoms with van der Waals surface area (Å²) in [6.07, 6.45) is 3.00. The molecule has 1 aliphatic heterocycles. The van der Waals surface area contributed by atoms with E-state index in [1.54, 1.807) is 25.3 Å². The molecular formula is C29H27ClN2O5. The summed E-state index contributed by atoms with van der Waals surface area (Å²) in [4.78, 5) is 26.8. The minimum absolute atomic E-state index is 0.00610. The summed E-state index contributed by atoms with van der Waals surface area (Å²) in [5, 5.41) is 10.7. The van der Waals surface area contributed by atoms with Crippen LogP contribution in [0.25, 0.3) is 10.9 Å². The lowest BCUT2D eigenvalue weighted by Gasteiger charge is -2.38. The van der Waals surface area contributed by atoms with E-state index in [0.717, 1.165) is 34.2 Å². The highest BCUT2D eigenvalue weighted by Crippen LogP contribution is 2.41. The van der Waals surface area contributed by atoms with Crippen molar-refractivity contribution in [3.63, 3.8) is 0 Å². The molecule has 1 atom stereocenters. The summed E-state index contributed by atoms with van der Waals surface area (Å²) in [6.45, 7) is 0.561. The number of methoxy groups -OCH3 is 1. The third-order valence-electron chi connectivity index (χ3n) is 6.78. The van der Waals surface area contributed by atoms with Gasteiger partial charge in [0.1, 0.15) is 11.5 Å². The van der Waals surface area contributed by atoms with Crippen molar-refractivity contribution in [2.45, 2.75) is 25.4 Å². The van der Waals surface area contributed by atoms with E-state index in [1.807, 2.05) is 53.6 Å². The van der Waals surface area contributed by atoms with Crippen molar-refractivity contribution in [3.8, 4) is 11.5 Å². The zero-order chi connectivity index (χ0) is 25.9. The van der Waals surface area contributed by atoms with Crippen molar-refractivity contribution in [2.24, 2.45) is 0 Å². The zero-order valence-corrected chi connectivity index (χ0v) is 21.1. The number of carbonyl (C=O) groups is 2. The van der Waals surface area contributed by atoms with Gasteiger partial charge >= 0.3 is 5.97 Å². The Kier molecular flexibility index (Phi) is 7.06. The van der Waals surface area contributed by atoms with Gasteiger partial charge in [-0.05, 0) is 53.9 Å². The summed E-state index contributed by atoms with van der Waals surface area (Å²) in [5.74, 6) is 0.113. The molecule has 37 heavy (non-hydrogen) atoms. The fourth-order valence-electron chi connectivity index (χ4n) is 5.10. The van der Waals surface area contributed by atoms with Crippen molar-refractivity contribution in [1.82, 2.24) is 9.47 Å². The smallest absolute Gasteiger partial charge is 0.341 e. The van der Waals surface area contributed by atoms with E-state index in [0.29, 0.717) is 35.8 Å². The highest BCUT2D eigenvalue weighted by molar-refractivity contribution is 6.30. The number of hydrogen-bond acceptors (Lipinski definition) is 4. The number of carboxylic acid groups (broad SMARTS) is 1. The summed E-state index contributed by atoms with van der Waals surface area (Å²) < 4.78 is 13.2. The molecule has 8 heteroatoms. The number of halogens is 1. The second-order valence-electron chi connectivity index (χ2n) is 8.96. The Labute approximate surface area is 219 Å². The molecule has 0 fully saturated rings. The average molecular weight is 519 g/mol. The quantitative estimate of drug-likeness (QED) is 0.341. The maximum Gasteiger partial charge on any atom is 0.341 e. The topological polar surface area (TPSA) is 81.0 Å². The lowest BCUT2D eigenvalue weighted by atomic mass is 9.87. The molecule has 1 aliphatic rings. The average Bonchev–Trinajstić information content (AvgIpc) is 3.33. The molecule has 1 amide bonds. The van der Waals surface area contributed by atoms with Gasteiger partial charge in [-0.1, -0.05) is 41.9 Å². The Morgan fingerprint density at radius 1 is 1.03 bits per heavy atom. The number of carbonyl (C=O) groups excluding carboxylic acids is 1. The van der Waals surface area contributed by atoms with Crippen LogP contribution in [0.15, 0.2) is 72.9 Å². The molecule has 5 rings (SSSR count). The normalized spacial score (nSPS) is 14.9. The van der Waals surface area contributed by atoms with Crippen LogP contribution < -0.4 is 9.47 Å². The van der Waals surface area contributed by atoms with Crippen molar-refractivity contribution >= 4 is 34.4 Å². The maximum atomic E-state index is 13.7.